The van der Waals surface area contributed by atoms with Gasteiger partial charge in [-0.1, -0.05) is 12.1 Å². The minimum atomic E-state index is -3.68. The molecule has 0 bridgehead atoms. The molecule has 0 unspecified atom stereocenters. The first kappa shape index (κ1) is 24.7. The fraction of sp³-hybridized carbons (Fsp3) is 0.269. The van der Waals surface area contributed by atoms with Crippen molar-refractivity contribution in [1.82, 2.24) is 4.72 Å². The number of nitrogens with one attached hydrogen (secondary N) is 2. The monoisotopic (exact) mass is 496 g/mol. The average Bonchev–Trinajstić information content (AvgIpc) is 3.41. The molecule has 4 rings (SSSR count). The van der Waals surface area contributed by atoms with E-state index in [1.807, 2.05) is 30.3 Å². The zero-order valence-electron chi connectivity index (χ0n) is 19.6. The second-order valence-electron chi connectivity index (χ2n) is 8.11. The van der Waals surface area contributed by atoms with Crippen LogP contribution < -0.4 is 19.5 Å². The average molecular weight is 497 g/mol. The summed E-state index contributed by atoms with van der Waals surface area (Å²) in [6.07, 6.45) is 1.68. The number of ether oxygens (including phenoxy) is 3. The van der Waals surface area contributed by atoms with Crippen LogP contribution in [0.25, 0.3) is 11.1 Å². The van der Waals surface area contributed by atoms with Gasteiger partial charge in [-0.05, 0) is 73.0 Å². The molecule has 184 valence electrons. The Morgan fingerprint density at radius 3 is 2.37 bits per heavy atom. The summed E-state index contributed by atoms with van der Waals surface area (Å²) in [5.74, 6) is 1.05. The Labute approximate surface area is 205 Å². The molecule has 1 aliphatic heterocycles. The number of hydrogen-bond donors (Lipinski definition) is 2. The molecule has 1 fully saturated rings. The molecule has 35 heavy (non-hydrogen) atoms. The topological polar surface area (TPSA) is 103 Å². The zero-order valence-corrected chi connectivity index (χ0v) is 20.4. The number of anilines is 1. The molecule has 1 atom stereocenters. The van der Waals surface area contributed by atoms with Crippen LogP contribution in [0.2, 0.25) is 0 Å². The van der Waals surface area contributed by atoms with Gasteiger partial charge in [-0.2, -0.15) is 0 Å². The lowest BCUT2D eigenvalue weighted by molar-refractivity contribution is 0.102. The van der Waals surface area contributed by atoms with Gasteiger partial charge in [-0.25, -0.2) is 13.1 Å². The summed E-state index contributed by atoms with van der Waals surface area (Å²) < 4.78 is 43.8. The van der Waals surface area contributed by atoms with Gasteiger partial charge in [0.15, 0.2) is 0 Å². The lowest BCUT2D eigenvalue weighted by Crippen LogP contribution is -2.31. The molecule has 3 aromatic rings. The Morgan fingerprint density at radius 1 is 1.00 bits per heavy atom. The first-order valence-electron chi connectivity index (χ1n) is 11.2. The maximum atomic E-state index is 12.8. The maximum Gasteiger partial charge on any atom is 0.255 e. The van der Waals surface area contributed by atoms with Gasteiger partial charge in [0.1, 0.15) is 11.5 Å². The Kier molecular flexibility index (Phi) is 7.70. The molecule has 0 aromatic heterocycles. The quantitative estimate of drug-likeness (QED) is 0.463. The van der Waals surface area contributed by atoms with Gasteiger partial charge in [0.2, 0.25) is 10.0 Å². The summed E-state index contributed by atoms with van der Waals surface area (Å²) in [6, 6.07) is 18.7. The van der Waals surface area contributed by atoms with E-state index in [0.717, 1.165) is 29.7 Å². The van der Waals surface area contributed by atoms with Crippen LogP contribution in [-0.4, -0.2) is 47.8 Å². The lowest BCUT2D eigenvalue weighted by atomic mass is 10.0. The first-order valence-corrected chi connectivity index (χ1v) is 12.7. The van der Waals surface area contributed by atoms with E-state index in [-0.39, 0.29) is 23.5 Å². The predicted octanol–water partition coefficient (Wildman–Crippen LogP) is 4.08. The van der Waals surface area contributed by atoms with Crippen LogP contribution in [0.1, 0.15) is 23.2 Å². The summed E-state index contributed by atoms with van der Waals surface area (Å²) in [5, 5.41) is 2.86. The summed E-state index contributed by atoms with van der Waals surface area (Å²) in [7, 11) is -0.487. The number of methoxy groups -OCH3 is 2. The smallest absolute Gasteiger partial charge is 0.255 e. The molecule has 8 nitrogen and oxygen atoms in total. The van der Waals surface area contributed by atoms with Gasteiger partial charge in [0.25, 0.3) is 5.91 Å². The molecule has 0 radical (unpaired) electrons. The van der Waals surface area contributed by atoms with Gasteiger partial charge in [-0.3, -0.25) is 4.79 Å². The van der Waals surface area contributed by atoms with Crippen LogP contribution in [0.3, 0.4) is 0 Å². The fourth-order valence-corrected chi connectivity index (χ4v) is 4.93. The summed E-state index contributed by atoms with van der Waals surface area (Å²) in [4.78, 5) is 12.9. The lowest BCUT2D eigenvalue weighted by Gasteiger charge is -2.13. The largest absolute Gasteiger partial charge is 0.497 e. The minimum absolute atomic E-state index is 0.0953. The number of amides is 1. The third kappa shape index (κ3) is 6.00. The highest BCUT2D eigenvalue weighted by molar-refractivity contribution is 7.89. The van der Waals surface area contributed by atoms with E-state index in [1.54, 1.807) is 26.4 Å². The van der Waals surface area contributed by atoms with Gasteiger partial charge in [-0.15, -0.1) is 0 Å². The van der Waals surface area contributed by atoms with Crippen LogP contribution >= 0.6 is 0 Å². The Balaban J connectivity index is 1.46. The Morgan fingerprint density at radius 2 is 1.74 bits per heavy atom. The number of carbonyl (C=O) groups excluding carboxylic acids is 1. The molecule has 1 saturated heterocycles. The van der Waals surface area contributed by atoms with Crippen LogP contribution in [0, 0.1) is 0 Å². The van der Waals surface area contributed by atoms with Gasteiger partial charge in [0.05, 0.1) is 25.2 Å². The molecule has 1 heterocycles. The highest BCUT2D eigenvalue weighted by atomic mass is 32.2. The predicted molar refractivity (Wildman–Crippen MR) is 134 cm³/mol. The Hall–Kier alpha value is -3.40. The second kappa shape index (κ2) is 10.9. The molecular weight excluding hydrogens is 468 g/mol. The number of benzene rings is 3. The highest BCUT2D eigenvalue weighted by Gasteiger charge is 2.20. The standard InChI is InChI=1S/C26H28N2O6S/c1-32-21-10-5-18(6-11-21)24-16-20(9-14-25(24)33-2)28-26(29)19-7-12-23(13-8-19)35(30,31)27-17-22-4-3-15-34-22/h5-14,16,22,27H,3-4,15,17H2,1-2H3,(H,28,29)/t22-/m1/s1. The van der Waals surface area contributed by atoms with Crippen molar-refractivity contribution < 1.29 is 27.4 Å². The molecule has 9 heteroatoms. The SMILES string of the molecule is COc1ccc(-c2cc(NC(=O)c3ccc(S(=O)(=O)NC[C@H]4CCCO4)cc3)ccc2OC)cc1. The van der Waals surface area contributed by atoms with Crippen LogP contribution in [0.4, 0.5) is 5.69 Å². The summed E-state index contributed by atoms with van der Waals surface area (Å²) in [6.45, 7) is 0.893. The second-order valence-corrected chi connectivity index (χ2v) is 9.88. The maximum absolute atomic E-state index is 12.8. The first-order chi connectivity index (χ1) is 16.9. The van der Waals surface area contributed by atoms with Crippen LogP contribution in [0.15, 0.2) is 71.6 Å². The van der Waals surface area contributed by atoms with E-state index in [4.69, 9.17) is 14.2 Å². The van der Waals surface area contributed by atoms with Crippen LogP contribution in [-0.2, 0) is 14.8 Å². The fourth-order valence-electron chi connectivity index (χ4n) is 3.86. The number of carbonyl (C=O) groups is 1. The van der Waals surface area contributed by atoms with E-state index in [0.29, 0.717) is 23.6 Å². The molecule has 1 amide bonds. The summed E-state index contributed by atoms with van der Waals surface area (Å²) >= 11 is 0. The van der Waals surface area contributed by atoms with E-state index in [1.165, 1.54) is 24.3 Å². The molecule has 0 saturated carbocycles. The van der Waals surface area contributed by atoms with Gasteiger partial charge in [0, 0.05) is 30.0 Å². The van der Waals surface area contributed by atoms with Crippen molar-refractivity contribution >= 4 is 21.6 Å². The van der Waals surface area contributed by atoms with E-state index >= 15 is 0 Å². The Bertz CT molecular complexity index is 1270. The number of sulfonamides is 1. The molecule has 0 spiro atoms. The highest BCUT2D eigenvalue weighted by Crippen LogP contribution is 2.33. The van der Waals surface area contributed by atoms with E-state index < -0.39 is 10.0 Å². The van der Waals surface area contributed by atoms with Crippen molar-refractivity contribution in [2.45, 2.75) is 23.8 Å². The van der Waals surface area contributed by atoms with Crippen molar-refractivity contribution in [3.05, 3.63) is 72.3 Å². The molecular formula is C26H28N2O6S. The van der Waals surface area contributed by atoms with Crippen LogP contribution in [0.5, 0.6) is 11.5 Å². The summed E-state index contributed by atoms with van der Waals surface area (Å²) in [5.41, 5.74) is 2.64. The van der Waals surface area contributed by atoms with Gasteiger partial charge >= 0.3 is 0 Å². The van der Waals surface area contributed by atoms with Crippen molar-refractivity contribution in [2.24, 2.45) is 0 Å². The zero-order chi connectivity index (χ0) is 24.8. The van der Waals surface area contributed by atoms with Crippen molar-refractivity contribution in [2.75, 3.05) is 32.7 Å². The van der Waals surface area contributed by atoms with E-state index in [2.05, 4.69) is 10.0 Å². The third-order valence-corrected chi connectivity index (χ3v) is 7.25. The molecule has 2 N–H and O–H groups in total. The van der Waals surface area contributed by atoms with Gasteiger partial charge < -0.3 is 19.5 Å². The minimum Gasteiger partial charge on any atom is -0.497 e. The normalized spacial score (nSPS) is 15.5. The third-order valence-electron chi connectivity index (χ3n) is 5.81. The number of rotatable bonds is 9. The molecule has 1 aliphatic rings. The number of hydrogen-bond acceptors (Lipinski definition) is 6. The molecule has 3 aromatic carbocycles. The van der Waals surface area contributed by atoms with E-state index in [9.17, 15) is 13.2 Å². The van der Waals surface area contributed by atoms with Crippen molar-refractivity contribution in [3.63, 3.8) is 0 Å². The van der Waals surface area contributed by atoms with Crippen molar-refractivity contribution in [1.29, 1.82) is 0 Å². The van der Waals surface area contributed by atoms with Crippen molar-refractivity contribution in [3.8, 4) is 22.6 Å². The molecule has 0 aliphatic carbocycles.